The normalized spacial score (nSPS) is 10.9. The molecule has 0 atom stereocenters. The molecule has 0 aliphatic rings. The number of para-hydroxylation sites is 1. The summed E-state index contributed by atoms with van der Waals surface area (Å²) in [6.07, 6.45) is 0.962. The summed E-state index contributed by atoms with van der Waals surface area (Å²) in [6.45, 7) is 3.50. The van der Waals surface area contributed by atoms with Gasteiger partial charge in [-0.15, -0.1) is 0 Å². The van der Waals surface area contributed by atoms with Gasteiger partial charge in [-0.2, -0.15) is 5.26 Å². The Morgan fingerprint density at radius 3 is 2.61 bits per heavy atom. The molecule has 1 rings (SSSR count). The van der Waals surface area contributed by atoms with Crippen LogP contribution in [0.5, 0.6) is 5.75 Å². The van der Waals surface area contributed by atoms with Gasteiger partial charge in [0.05, 0.1) is 18.8 Å². The molecule has 4 nitrogen and oxygen atoms in total. The van der Waals surface area contributed by atoms with Crippen LogP contribution in [0.15, 0.2) is 30.3 Å². The lowest BCUT2D eigenvalue weighted by molar-refractivity contribution is -0.141. The molecule has 0 spiro atoms. The molecule has 1 aromatic carbocycles. The molecule has 18 heavy (non-hydrogen) atoms. The summed E-state index contributed by atoms with van der Waals surface area (Å²) in [5.74, 6) is 0.00935. The van der Waals surface area contributed by atoms with E-state index >= 15 is 0 Å². The quantitative estimate of drug-likeness (QED) is 0.464. The maximum atomic E-state index is 11.5. The van der Waals surface area contributed by atoms with E-state index in [-0.39, 0.29) is 11.7 Å². The topological polar surface area (TPSA) is 59.3 Å². The predicted octanol–water partition coefficient (Wildman–Crippen LogP) is 2.55. The lowest BCUT2D eigenvalue weighted by Gasteiger charge is -2.08. The van der Waals surface area contributed by atoms with Crippen molar-refractivity contribution in [3.8, 4) is 11.8 Å². The van der Waals surface area contributed by atoms with Crippen LogP contribution in [-0.4, -0.2) is 19.2 Å². The second kappa shape index (κ2) is 6.45. The fourth-order valence-corrected chi connectivity index (χ4v) is 1.42. The number of ether oxygens (including phenoxy) is 2. The van der Waals surface area contributed by atoms with Gasteiger partial charge < -0.3 is 9.47 Å². The Hall–Kier alpha value is -2.28. The van der Waals surface area contributed by atoms with Crippen LogP contribution in [0.1, 0.15) is 19.4 Å². The third kappa shape index (κ3) is 3.63. The highest BCUT2D eigenvalue weighted by molar-refractivity contribution is 5.96. The van der Waals surface area contributed by atoms with Gasteiger partial charge >= 0.3 is 5.97 Å². The van der Waals surface area contributed by atoms with Crippen molar-refractivity contribution < 1.29 is 14.3 Å². The second-order valence-electron chi connectivity index (χ2n) is 3.86. The first kappa shape index (κ1) is 13.8. The molecule has 0 radical (unpaired) electrons. The molecule has 1 aromatic rings. The molecule has 0 bridgehead atoms. The standard InChI is InChI=1S/C14H15NO3/c1-10(2)18-14(16)8-11(9-15)12-6-4-5-7-13(12)17-3/h4-8,10H,1-3H3. The Bertz CT molecular complexity index is 498. The highest BCUT2D eigenvalue weighted by atomic mass is 16.5. The number of rotatable bonds is 4. The molecule has 0 aromatic heterocycles. The van der Waals surface area contributed by atoms with Gasteiger partial charge in [-0.3, -0.25) is 0 Å². The average Bonchev–Trinajstić information content (AvgIpc) is 2.35. The maximum absolute atomic E-state index is 11.5. The first-order valence-corrected chi connectivity index (χ1v) is 5.54. The molecule has 0 unspecified atom stereocenters. The number of nitrogens with zero attached hydrogens (tertiary/aromatic N) is 1. The van der Waals surface area contributed by atoms with Crippen molar-refractivity contribution in [2.24, 2.45) is 0 Å². The Labute approximate surface area is 106 Å². The number of hydrogen-bond acceptors (Lipinski definition) is 4. The number of esters is 1. The van der Waals surface area contributed by atoms with Crippen LogP contribution >= 0.6 is 0 Å². The van der Waals surface area contributed by atoms with Gasteiger partial charge in [-0.25, -0.2) is 4.79 Å². The molecular formula is C14H15NO3. The van der Waals surface area contributed by atoms with Gasteiger partial charge in [0.25, 0.3) is 0 Å². The van der Waals surface area contributed by atoms with Gasteiger partial charge in [-0.05, 0) is 26.0 Å². The van der Waals surface area contributed by atoms with Crippen LogP contribution < -0.4 is 4.74 Å². The minimum absolute atomic E-state index is 0.216. The van der Waals surface area contributed by atoms with Crippen LogP contribution in [0, 0.1) is 11.3 Å². The van der Waals surface area contributed by atoms with E-state index in [2.05, 4.69) is 0 Å². The van der Waals surface area contributed by atoms with Gasteiger partial charge in [0.15, 0.2) is 0 Å². The van der Waals surface area contributed by atoms with Crippen molar-refractivity contribution in [3.05, 3.63) is 35.9 Å². The van der Waals surface area contributed by atoms with Crippen molar-refractivity contribution in [3.63, 3.8) is 0 Å². The molecule has 0 fully saturated rings. The SMILES string of the molecule is COc1ccccc1C(C#N)=CC(=O)OC(C)C. The molecule has 0 aliphatic carbocycles. The third-order valence-electron chi connectivity index (χ3n) is 2.13. The zero-order chi connectivity index (χ0) is 13.5. The Kier molecular flexibility index (Phi) is 4.94. The molecule has 0 amide bonds. The molecular weight excluding hydrogens is 230 g/mol. The van der Waals surface area contributed by atoms with E-state index in [4.69, 9.17) is 14.7 Å². The van der Waals surface area contributed by atoms with Crippen LogP contribution in [-0.2, 0) is 9.53 Å². The number of carbonyl (C=O) groups is 1. The first-order valence-electron chi connectivity index (χ1n) is 5.54. The molecule has 0 N–H and O–H groups in total. The Balaban J connectivity index is 3.07. The van der Waals surface area contributed by atoms with Gasteiger partial charge in [-0.1, -0.05) is 12.1 Å². The zero-order valence-corrected chi connectivity index (χ0v) is 10.6. The van der Waals surface area contributed by atoms with Crippen molar-refractivity contribution >= 4 is 11.5 Å². The summed E-state index contributed by atoms with van der Waals surface area (Å²) in [5, 5.41) is 9.10. The molecule has 0 saturated carbocycles. The molecule has 4 heteroatoms. The number of allylic oxidation sites excluding steroid dienone is 1. The van der Waals surface area contributed by atoms with Crippen molar-refractivity contribution in [1.82, 2.24) is 0 Å². The fourth-order valence-electron chi connectivity index (χ4n) is 1.42. The van der Waals surface area contributed by atoms with Crippen LogP contribution in [0.2, 0.25) is 0 Å². The summed E-state index contributed by atoms with van der Waals surface area (Å²) in [5.41, 5.74) is 0.793. The maximum Gasteiger partial charge on any atom is 0.332 e. The number of nitriles is 1. The van der Waals surface area contributed by atoms with E-state index in [1.807, 2.05) is 6.07 Å². The van der Waals surface area contributed by atoms with E-state index < -0.39 is 5.97 Å². The van der Waals surface area contributed by atoms with Crippen LogP contribution in [0.25, 0.3) is 5.57 Å². The van der Waals surface area contributed by atoms with E-state index in [0.717, 1.165) is 0 Å². The minimum atomic E-state index is -0.535. The van der Waals surface area contributed by atoms with Crippen LogP contribution in [0.3, 0.4) is 0 Å². The molecule has 0 heterocycles. The number of benzene rings is 1. The lowest BCUT2D eigenvalue weighted by Crippen LogP contribution is -2.09. The molecule has 0 saturated heterocycles. The van der Waals surface area contributed by atoms with E-state index in [1.165, 1.54) is 13.2 Å². The summed E-state index contributed by atoms with van der Waals surface area (Å²) < 4.78 is 10.1. The van der Waals surface area contributed by atoms with Crippen molar-refractivity contribution in [2.45, 2.75) is 20.0 Å². The van der Waals surface area contributed by atoms with Gasteiger partial charge in [0.2, 0.25) is 0 Å². The third-order valence-corrected chi connectivity index (χ3v) is 2.13. The molecule has 0 aliphatic heterocycles. The first-order chi connectivity index (χ1) is 8.58. The highest BCUT2D eigenvalue weighted by Crippen LogP contribution is 2.25. The monoisotopic (exact) mass is 245 g/mol. The number of methoxy groups -OCH3 is 1. The summed E-state index contributed by atoms with van der Waals surface area (Å²) >= 11 is 0. The smallest absolute Gasteiger partial charge is 0.332 e. The van der Waals surface area contributed by atoms with E-state index in [0.29, 0.717) is 11.3 Å². The minimum Gasteiger partial charge on any atom is -0.496 e. The fraction of sp³-hybridized carbons (Fsp3) is 0.286. The zero-order valence-electron chi connectivity index (χ0n) is 10.6. The van der Waals surface area contributed by atoms with E-state index in [9.17, 15) is 4.79 Å². The second-order valence-corrected chi connectivity index (χ2v) is 3.86. The van der Waals surface area contributed by atoms with Crippen molar-refractivity contribution in [1.29, 1.82) is 5.26 Å². The predicted molar refractivity (Wildman–Crippen MR) is 67.8 cm³/mol. The molecule has 94 valence electrons. The summed E-state index contributed by atoms with van der Waals surface area (Å²) in [7, 11) is 1.51. The average molecular weight is 245 g/mol. The van der Waals surface area contributed by atoms with Crippen LogP contribution in [0.4, 0.5) is 0 Å². The van der Waals surface area contributed by atoms with E-state index in [1.54, 1.807) is 38.1 Å². The Morgan fingerprint density at radius 2 is 2.06 bits per heavy atom. The number of hydrogen-bond donors (Lipinski definition) is 0. The van der Waals surface area contributed by atoms with Gasteiger partial charge in [0.1, 0.15) is 11.8 Å². The summed E-state index contributed by atoms with van der Waals surface area (Å²) in [4.78, 5) is 11.5. The van der Waals surface area contributed by atoms with Crippen molar-refractivity contribution in [2.75, 3.05) is 7.11 Å². The number of carbonyl (C=O) groups excluding carboxylic acids is 1. The van der Waals surface area contributed by atoms with Gasteiger partial charge in [0, 0.05) is 11.6 Å². The Morgan fingerprint density at radius 1 is 1.39 bits per heavy atom. The largest absolute Gasteiger partial charge is 0.496 e. The lowest BCUT2D eigenvalue weighted by atomic mass is 10.1. The summed E-state index contributed by atoms with van der Waals surface area (Å²) in [6, 6.07) is 9.00. The highest BCUT2D eigenvalue weighted by Gasteiger charge is 2.10.